The van der Waals surface area contributed by atoms with Gasteiger partial charge >= 0.3 is 5.97 Å². The minimum atomic E-state index is -1.99. The van der Waals surface area contributed by atoms with E-state index in [1.54, 1.807) is 12.1 Å². The lowest BCUT2D eigenvalue weighted by Crippen LogP contribution is -2.73. The summed E-state index contributed by atoms with van der Waals surface area (Å²) in [6.45, 7) is 0.212. The number of piperazine rings is 1. The van der Waals surface area contributed by atoms with Crippen molar-refractivity contribution >= 4 is 47.0 Å². The van der Waals surface area contributed by atoms with Crippen LogP contribution in [-0.4, -0.2) is 88.0 Å². The van der Waals surface area contributed by atoms with Gasteiger partial charge in [-0.2, -0.15) is 5.01 Å². The Morgan fingerprint density at radius 3 is 2.02 bits per heavy atom. The van der Waals surface area contributed by atoms with Gasteiger partial charge in [0.1, 0.15) is 12.4 Å². The Hall–Kier alpha value is -5.31. The predicted molar refractivity (Wildman–Crippen MR) is 148 cm³/mol. The van der Waals surface area contributed by atoms with Gasteiger partial charge < -0.3 is 32.1 Å². The molecule has 0 bridgehead atoms. The number of aliphatic carboxylic acids is 1. The summed E-state index contributed by atoms with van der Waals surface area (Å²) < 4.78 is 0. The number of ketones is 1. The number of anilines is 1. The van der Waals surface area contributed by atoms with Gasteiger partial charge in [0, 0.05) is 48.4 Å². The standard InChI is InChI=1S/C26H31N9O6/c1-15(36)26(10-11-31-22(39)17-6-8-19(9-7-17)32-25(29)30)24(41)34(14-20(37)38)12-13-35(26)33-23(40)18-4-2-16(3-5-18)21(27)28/h2-9H,10-14H2,1H3,(H3,27,28)(H,31,39)(H,33,40)(H,37,38)(H4,29,30,32). The monoisotopic (exact) mass is 565 g/mol. The minimum Gasteiger partial charge on any atom is -0.480 e. The molecule has 216 valence electrons. The number of nitrogens with two attached hydrogens (primary N) is 2. The van der Waals surface area contributed by atoms with E-state index in [0.717, 1.165) is 11.8 Å². The molecule has 0 aromatic heterocycles. The van der Waals surface area contributed by atoms with Crippen LogP contribution in [0.2, 0.25) is 0 Å². The van der Waals surface area contributed by atoms with Crippen LogP contribution in [0, 0.1) is 10.8 Å². The summed E-state index contributed by atoms with van der Waals surface area (Å²) in [4.78, 5) is 64.9. The number of carboxylic acid groups (broad SMARTS) is 1. The molecule has 1 unspecified atom stereocenters. The number of hydrogen-bond donors (Lipinski definition) is 8. The number of carbonyl (C=O) groups is 5. The lowest BCUT2D eigenvalue weighted by molar-refractivity contribution is -0.165. The largest absolute Gasteiger partial charge is 0.480 e. The third-order valence-electron chi connectivity index (χ3n) is 6.50. The molecule has 3 amide bonds. The first kappa shape index (κ1) is 30.2. The van der Waals surface area contributed by atoms with E-state index in [1.807, 2.05) is 0 Å². The lowest BCUT2D eigenvalue weighted by Gasteiger charge is -2.47. The maximum atomic E-state index is 13.6. The summed E-state index contributed by atoms with van der Waals surface area (Å²) in [7, 11) is 0. The number of carbonyl (C=O) groups excluding carboxylic acids is 4. The van der Waals surface area contributed by atoms with E-state index in [0.29, 0.717) is 11.3 Å². The number of nitrogen functional groups attached to an aromatic ring is 1. The average Bonchev–Trinajstić information content (AvgIpc) is 2.91. The number of carboxylic acids is 1. The van der Waals surface area contributed by atoms with Crippen LogP contribution in [0.3, 0.4) is 0 Å². The average molecular weight is 566 g/mol. The molecule has 2 aromatic carbocycles. The first-order valence-electron chi connectivity index (χ1n) is 12.4. The number of guanidine groups is 1. The number of benzene rings is 2. The Balaban J connectivity index is 1.82. The molecule has 0 aliphatic carbocycles. The number of hydrazine groups is 1. The zero-order valence-electron chi connectivity index (χ0n) is 22.2. The first-order chi connectivity index (χ1) is 19.3. The normalized spacial score (nSPS) is 16.9. The Morgan fingerprint density at radius 2 is 1.49 bits per heavy atom. The van der Waals surface area contributed by atoms with Gasteiger partial charge in [0.15, 0.2) is 17.3 Å². The topological polar surface area (TPSA) is 248 Å². The van der Waals surface area contributed by atoms with Crippen molar-refractivity contribution < 1.29 is 29.1 Å². The number of amidine groups is 1. The fourth-order valence-corrected chi connectivity index (χ4v) is 4.42. The van der Waals surface area contributed by atoms with E-state index in [9.17, 15) is 29.1 Å². The molecule has 15 heteroatoms. The second-order valence-electron chi connectivity index (χ2n) is 9.24. The number of nitrogens with zero attached hydrogens (tertiary/aromatic N) is 2. The number of amides is 3. The molecule has 1 aliphatic rings. The van der Waals surface area contributed by atoms with Crippen LogP contribution in [0.15, 0.2) is 48.5 Å². The van der Waals surface area contributed by atoms with Crippen molar-refractivity contribution in [1.29, 1.82) is 10.8 Å². The summed E-state index contributed by atoms with van der Waals surface area (Å²) in [5.74, 6) is -4.35. The molecule has 15 nitrogen and oxygen atoms in total. The highest BCUT2D eigenvalue weighted by molar-refractivity contribution is 6.11. The third-order valence-corrected chi connectivity index (χ3v) is 6.50. The van der Waals surface area contributed by atoms with Gasteiger partial charge in [-0.1, -0.05) is 12.1 Å². The minimum absolute atomic E-state index is 0.0611. The van der Waals surface area contributed by atoms with Crippen molar-refractivity contribution in [3.8, 4) is 0 Å². The molecule has 3 rings (SSSR count). The Kier molecular flexibility index (Phi) is 9.36. The van der Waals surface area contributed by atoms with Crippen molar-refractivity contribution in [3.05, 3.63) is 65.2 Å². The van der Waals surface area contributed by atoms with Crippen LogP contribution in [0.25, 0.3) is 0 Å². The van der Waals surface area contributed by atoms with Gasteiger partial charge in [-0.25, -0.2) is 0 Å². The molecule has 0 radical (unpaired) electrons. The summed E-state index contributed by atoms with van der Waals surface area (Å²) in [6, 6.07) is 11.9. The molecule has 1 heterocycles. The summed E-state index contributed by atoms with van der Waals surface area (Å²) in [6.07, 6.45) is -0.267. The summed E-state index contributed by atoms with van der Waals surface area (Å²) in [5, 5.41) is 30.5. The van der Waals surface area contributed by atoms with E-state index < -0.39 is 41.6 Å². The quantitative estimate of drug-likeness (QED) is 0.0966. The van der Waals surface area contributed by atoms with E-state index in [2.05, 4.69) is 16.1 Å². The van der Waals surface area contributed by atoms with E-state index >= 15 is 0 Å². The van der Waals surface area contributed by atoms with Crippen LogP contribution in [0.4, 0.5) is 5.69 Å². The summed E-state index contributed by atoms with van der Waals surface area (Å²) in [5.41, 5.74) is 12.7. The molecule has 1 saturated heterocycles. The maximum Gasteiger partial charge on any atom is 0.323 e. The van der Waals surface area contributed by atoms with E-state index in [-0.39, 0.29) is 49.0 Å². The SMILES string of the molecule is CC(=O)C1(CCNC(=O)c2ccc(NC(=N)N)cc2)C(=O)N(CC(=O)O)CCN1NC(=O)c1ccc(C(=N)N)cc1. The van der Waals surface area contributed by atoms with Gasteiger partial charge in [0.05, 0.1) is 0 Å². The van der Waals surface area contributed by atoms with E-state index in [1.165, 1.54) is 41.4 Å². The van der Waals surface area contributed by atoms with Gasteiger partial charge in [0.2, 0.25) is 0 Å². The molecular formula is C26H31N9O6. The molecular weight excluding hydrogens is 534 g/mol. The van der Waals surface area contributed by atoms with Crippen molar-refractivity contribution in [2.24, 2.45) is 11.5 Å². The molecule has 10 N–H and O–H groups in total. The molecule has 1 aliphatic heterocycles. The fourth-order valence-electron chi connectivity index (χ4n) is 4.42. The third kappa shape index (κ3) is 7.02. The van der Waals surface area contributed by atoms with Crippen molar-refractivity contribution in [2.75, 3.05) is 31.5 Å². The predicted octanol–water partition coefficient (Wildman–Crippen LogP) is -0.702. The highest BCUT2D eigenvalue weighted by Crippen LogP contribution is 2.27. The van der Waals surface area contributed by atoms with Crippen LogP contribution in [-0.2, 0) is 14.4 Å². The first-order valence-corrected chi connectivity index (χ1v) is 12.4. The van der Waals surface area contributed by atoms with Crippen molar-refractivity contribution in [1.82, 2.24) is 20.7 Å². The number of hydrogen-bond acceptors (Lipinski definition) is 8. The number of nitrogens with one attached hydrogen (secondary N) is 5. The Bertz CT molecular complexity index is 1380. The summed E-state index contributed by atoms with van der Waals surface area (Å²) >= 11 is 0. The van der Waals surface area contributed by atoms with Gasteiger partial charge in [-0.15, -0.1) is 0 Å². The van der Waals surface area contributed by atoms with E-state index in [4.69, 9.17) is 22.3 Å². The second kappa shape index (κ2) is 12.7. The van der Waals surface area contributed by atoms with Crippen LogP contribution >= 0.6 is 0 Å². The Labute approximate surface area is 234 Å². The van der Waals surface area contributed by atoms with Crippen LogP contribution in [0.5, 0.6) is 0 Å². The Morgan fingerprint density at radius 1 is 0.927 bits per heavy atom. The van der Waals surface area contributed by atoms with Gasteiger partial charge in [-0.05, 0) is 43.3 Å². The van der Waals surface area contributed by atoms with Crippen LogP contribution < -0.4 is 27.5 Å². The highest BCUT2D eigenvalue weighted by atomic mass is 16.4. The van der Waals surface area contributed by atoms with Crippen molar-refractivity contribution in [2.45, 2.75) is 18.9 Å². The highest BCUT2D eigenvalue weighted by Gasteiger charge is 2.54. The van der Waals surface area contributed by atoms with Crippen molar-refractivity contribution in [3.63, 3.8) is 0 Å². The number of rotatable bonds is 11. The zero-order valence-corrected chi connectivity index (χ0v) is 22.2. The fraction of sp³-hybridized carbons (Fsp3) is 0.269. The zero-order chi connectivity index (χ0) is 30.3. The smallest absolute Gasteiger partial charge is 0.323 e. The second-order valence-corrected chi connectivity index (χ2v) is 9.24. The molecule has 41 heavy (non-hydrogen) atoms. The van der Waals surface area contributed by atoms with Gasteiger partial charge in [0.25, 0.3) is 17.7 Å². The lowest BCUT2D eigenvalue weighted by atomic mass is 9.86. The molecule has 2 aromatic rings. The molecule has 1 atom stereocenters. The number of Topliss-reactive ketones (excluding diaryl/α,β-unsaturated/α-hetero) is 1. The molecule has 1 fully saturated rings. The molecule has 0 spiro atoms. The molecule has 0 saturated carbocycles. The maximum absolute atomic E-state index is 13.6. The van der Waals surface area contributed by atoms with Gasteiger partial charge in [-0.3, -0.25) is 40.2 Å². The van der Waals surface area contributed by atoms with Crippen LogP contribution in [0.1, 0.15) is 39.6 Å².